The largest absolute Gasteiger partial charge is 0.375 e. The van der Waals surface area contributed by atoms with Gasteiger partial charge < -0.3 is 10.3 Å². The van der Waals surface area contributed by atoms with Crippen LogP contribution in [-0.2, 0) is 0 Å². The molecule has 0 aliphatic heterocycles. The Morgan fingerprint density at radius 3 is 2.84 bits per heavy atom. The predicted octanol–water partition coefficient (Wildman–Crippen LogP) is 5.19. The highest BCUT2D eigenvalue weighted by atomic mass is 32.1. The number of thiophene rings is 2. The van der Waals surface area contributed by atoms with Crippen LogP contribution < -0.4 is 10.9 Å². The van der Waals surface area contributed by atoms with E-state index in [0.29, 0.717) is 11.2 Å². The molecule has 3 aromatic heterocycles. The van der Waals surface area contributed by atoms with Gasteiger partial charge in [0.15, 0.2) is 0 Å². The Balaban J connectivity index is 1.71. The van der Waals surface area contributed by atoms with Crippen LogP contribution in [0.15, 0.2) is 52.0 Å². The number of fused-ring (bicyclic) bond motifs is 1. The third-order valence-electron chi connectivity index (χ3n) is 4.06. The fourth-order valence-corrected chi connectivity index (χ4v) is 4.61. The number of nitrogens with zero attached hydrogens (tertiary/aromatic N) is 1. The van der Waals surface area contributed by atoms with Gasteiger partial charge in [-0.2, -0.15) is 0 Å². The molecule has 1 atom stereocenters. The summed E-state index contributed by atoms with van der Waals surface area (Å²) in [7, 11) is 0. The van der Waals surface area contributed by atoms with Gasteiger partial charge >= 0.3 is 0 Å². The van der Waals surface area contributed by atoms with Crippen LogP contribution in [0, 0.1) is 6.92 Å². The lowest BCUT2D eigenvalue weighted by Gasteiger charge is -2.15. The molecule has 4 rings (SSSR count). The molecular weight excluding hydrogens is 350 g/mol. The minimum absolute atomic E-state index is 0.0810. The van der Waals surface area contributed by atoms with Gasteiger partial charge in [0.1, 0.15) is 10.7 Å². The lowest BCUT2D eigenvalue weighted by molar-refractivity contribution is 0.793. The molecule has 0 unspecified atom stereocenters. The van der Waals surface area contributed by atoms with Gasteiger partial charge in [-0.25, -0.2) is 4.98 Å². The molecular formula is C19H17N3OS2. The third-order valence-corrected chi connectivity index (χ3v) is 5.84. The van der Waals surface area contributed by atoms with E-state index in [9.17, 15) is 4.79 Å². The summed E-state index contributed by atoms with van der Waals surface area (Å²) >= 11 is 3.15. The maximum Gasteiger partial charge on any atom is 0.260 e. The van der Waals surface area contributed by atoms with Gasteiger partial charge in [-0.3, -0.25) is 4.79 Å². The number of H-pyrrole nitrogens is 1. The van der Waals surface area contributed by atoms with E-state index in [0.717, 1.165) is 21.0 Å². The molecule has 0 aliphatic rings. The van der Waals surface area contributed by atoms with Crippen molar-refractivity contribution in [3.05, 3.63) is 68.9 Å². The molecule has 25 heavy (non-hydrogen) atoms. The molecule has 1 aromatic carbocycles. The lowest BCUT2D eigenvalue weighted by atomic mass is 10.2. The second kappa shape index (κ2) is 6.46. The fourth-order valence-electron chi connectivity index (χ4n) is 2.84. The van der Waals surface area contributed by atoms with Crippen LogP contribution in [0.1, 0.15) is 24.4 Å². The van der Waals surface area contributed by atoms with Crippen molar-refractivity contribution in [3.8, 4) is 10.4 Å². The molecule has 0 fully saturated rings. The second-order valence-electron chi connectivity index (χ2n) is 5.99. The lowest BCUT2D eigenvalue weighted by Crippen LogP contribution is -2.17. The van der Waals surface area contributed by atoms with E-state index >= 15 is 0 Å². The van der Waals surface area contributed by atoms with Crippen molar-refractivity contribution in [2.45, 2.75) is 19.9 Å². The number of benzene rings is 1. The summed E-state index contributed by atoms with van der Waals surface area (Å²) in [6.45, 7) is 4.06. The number of hydrogen-bond donors (Lipinski definition) is 2. The molecule has 0 saturated carbocycles. The molecule has 6 heteroatoms. The molecule has 0 aliphatic carbocycles. The second-order valence-corrected chi connectivity index (χ2v) is 7.80. The summed E-state index contributed by atoms with van der Waals surface area (Å²) in [6, 6.07) is 12.1. The van der Waals surface area contributed by atoms with Gasteiger partial charge in [-0.15, -0.1) is 22.7 Å². The van der Waals surface area contributed by atoms with Crippen LogP contribution in [0.3, 0.4) is 0 Å². The van der Waals surface area contributed by atoms with Crippen molar-refractivity contribution in [2.75, 3.05) is 5.32 Å². The van der Waals surface area contributed by atoms with Crippen LogP contribution in [0.2, 0.25) is 0 Å². The summed E-state index contributed by atoms with van der Waals surface area (Å²) in [5.74, 6) is 0.651. The van der Waals surface area contributed by atoms with E-state index in [4.69, 9.17) is 4.98 Å². The minimum Gasteiger partial charge on any atom is -0.375 e. The van der Waals surface area contributed by atoms with Gasteiger partial charge in [0.2, 0.25) is 0 Å². The molecule has 3 heterocycles. The zero-order chi connectivity index (χ0) is 17.4. The smallest absolute Gasteiger partial charge is 0.260 e. The Labute approximate surface area is 153 Å². The van der Waals surface area contributed by atoms with E-state index in [1.54, 1.807) is 11.3 Å². The molecule has 126 valence electrons. The van der Waals surface area contributed by atoms with Gasteiger partial charge in [0.25, 0.3) is 5.56 Å². The van der Waals surface area contributed by atoms with Crippen LogP contribution in [0.25, 0.3) is 20.7 Å². The van der Waals surface area contributed by atoms with Crippen molar-refractivity contribution in [3.63, 3.8) is 0 Å². The number of aryl methyl sites for hydroxylation is 1. The maximum atomic E-state index is 12.7. The number of nitrogens with one attached hydrogen (secondary N) is 2. The highest BCUT2D eigenvalue weighted by Crippen LogP contribution is 2.33. The normalized spacial score (nSPS) is 12.4. The first-order chi connectivity index (χ1) is 12.1. The van der Waals surface area contributed by atoms with E-state index in [2.05, 4.69) is 29.4 Å². The number of hydrogen-bond acceptors (Lipinski definition) is 5. The van der Waals surface area contributed by atoms with Gasteiger partial charge in [0.05, 0.1) is 11.4 Å². The zero-order valence-electron chi connectivity index (χ0n) is 13.9. The Kier molecular flexibility index (Phi) is 4.15. The average Bonchev–Trinajstić information content (AvgIpc) is 3.23. The Morgan fingerprint density at radius 2 is 2.08 bits per heavy atom. The average molecular weight is 367 g/mol. The highest BCUT2D eigenvalue weighted by molar-refractivity contribution is 7.18. The molecule has 0 amide bonds. The molecule has 4 nitrogen and oxygen atoms in total. The summed E-state index contributed by atoms with van der Waals surface area (Å²) < 4.78 is 0. The summed E-state index contributed by atoms with van der Waals surface area (Å²) in [4.78, 5) is 22.2. The Morgan fingerprint density at radius 1 is 1.20 bits per heavy atom. The van der Waals surface area contributed by atoms with Crippen LogP contribution >= 0.6 is 22.7 Å². The van der Waals surface area contributed by atoms with E-state index < -0.39 is 0 Å². The Hall–Kier alpha value is -2.44. The van der Waals surface area contributed by atoms with E-state index in [1.165, 1.54) is 16.9 Å². The van der Waals surface area contributed by atoms with Crippen molar-refractivity contribution in [1.29, 1.82) is 0 Å². The molecule has 0 saturated heterocycles. The minimum atomic E-state index is -0.0915. The first-order valence-corrected chi connectivity index (χ1v) is 9.76. The van der Waals surface area contributed by atoms with Gasteiger partial charge in [0, 0.05) is 21.5 Å². The fraction of sp³-hybridized carbons (Fsp3) is 0.158. The summed E-state index contributed by atoms with van der Waals surface area (Å²) in [5, 5.41) is 8.11. The van der Waals surface area contributed by atoms with Crippen molar-refractivity contribution in [1.82, 2.24) is 9.97 Å². The first kappa shape index (κ1) is 16.1. The van der Waals surface area contributed by atoms with Crippen LogP contribution in [0.4, 0.5) is 5.69 Å². The standard InChI is InChI=1S/C19H17N3OS2/c1-11-5-3-6-13(9-11)20-12(2)17-21-18(23)16-14(10-25-19(16)22-17)15-7-4-8-24-15/h3-10,12,20H,1-2H3,(H,21,22,23)/t12-/m0/s1. The zero-order valence-corrected chi connectivity index (χ0v) is 15.5. The van der Waals surface area contributed by atoms with Crippen molar-refractivity contribution >= 4 is 38.6 Å². The van der Waals surface area contributed by atoms with E-state index in [-0.39, 0.29) is 11.6 Å². The molecule has 2 N–H and O–H groups in total. The number of aromatic nitrogens is 2. The quantitative estimate of drug-likeness (QED) is 0.521. The van der Waals surface area contributed by atoms with Gasteiger partial charge in [-0.1, -0.05) is 18.2 Å². The molecule has 4 aromatic rings. The third kappa shape index (κ3) is 3.10. The van der Waals surface area contributed by atoms with Gasteiger partial charge in [-0.05, 0) is 43.0 Å². The summed E-state index contributed by atoms with van der Waals surface area (Å²) in [6.07, 6.45) is 0. The summed E-state index contributed by atoms with van der Waals surface area (Å²) in [5.41, 5.74) is 3.09. The maximum absolute atomic E-state index is 12.7. The monoisotopic (exact) mass is 367 g/mol. The van der Waals surface area contributed by atoms with Crippen LogP contribution in [0.5, 0.6) is 0 Å². The number of aromatic amines is 1. The number of anilines is 1. The molecule has 0 radical (unpaired) electrons. The SMILES string of the molecule is Cc1cccc(N[C@@H](C)c2nc3scc(-c4cccs4)c3c(=O)[nH]2)c1. The first-order valence-electron chi connectivity index (χ1n) is 8.00. The topological polar surface area (TPSA) is 57.8 Å². The number of rotatable bonds is 4. The predicted molar refractivity (Wildman–Crippen MR) is 107 cm³/mol. The van der Waals surface area contributed by atoms with E-state index in [1.807, 2.05) is 41.9 Å². The van der Waals surface area contributed by atoms with Crippen molar-refractivity contribution in [2.24, 2.45) is 0 Å². The molecule has 0 spiro atoms. The van der Waals surface area contributed by atoms with Crippen LogP contribution in [-0.4, -0.2) is 9.97 Å². The molecule has 0 bridgehead atoms. The highest BCUT2D eigenvalue weighted by Gasteiger charge is 2.16. The van der Waals surface area contributed by atoms with Crippen molar-refractivity contribution < 1.29 is 0 Å². The Bertz CT molecular complexity index is 1080.